The van der Waals surface area contributed by atoms with Crippen LogP contribution in [0, 0.1) is 19.8 Å². The molecule has 2 amide bonds. The minimum Gasteiger partial charge on any atom is -0.340 e. The number of amides is 2. The summed E-state index contributed by atoms with van der Waals surface area (Å²) in [5.41, 5.74) is 3.41. The average molecular weight is 494 g/mol. The van der Waals surface area contributed by atoms with Crippen LogP contribution in [-0.4, -0.2) is 33.3 Å². The van der Waals surface area contributed by atoms with Gasteiger partial charge >= 0.3 is 0 Å². The van der Waals surface area contributed by atoms with E-state index >= 15 is 0 Å². The maximum Gasteiger partial charge on any atom is 0.229 e. The van der Waals surface area contributed by atoms with Crippen LogP contribution in [0.4, 0.5) is 34.5 Å². The van der Waals surface area contributed by atoms with Gasteiger partial charge in [-0.3, -0.25) is 9.59 Å². The van der Waals surface area contributed by atoms with E-state index in [0.717, 1.165) is 16.9 Å². The number of hydrogen-bond acceptors (Lipinski definition) is 7. The maximum absolute atomic E-state index is 12.9. The van der Waals surface area contributed by atoms with Crippen molar-refractivity contribution in [2.45, 2.75) is 20.3 Å². The summed E-state index contributed by atoms with van der Waals surface area (Å²) in [6, 6.07) is 22.5. The second-order valence-electron chi connectivity index (χ2n) is 8.96. The van der Waals surface area contributed by atoms with E-state index in [1.807, 2.05) is 80.6 Å². The Bertz CT molecular complexity index is 1410. The number of aromatic nitrogens is 3. The van der Waals surface area contributed by atoms with Crippen molar-refractivity contribution in [1.29, 1.82) is 0 Å². The number of aryl methyl sites for hydroxylation is 2. The largest absolute Gasteiger partial charge is 0.340 e. The highest BCUT2D eigenvalue weighted by atomic mass is 16.2. The van der Waals surface area contributed by atoms with Crippen LogP contribution in [0.1, 0.15) is 17.8 Å². The summed E-state index contributed by atoms with van der Waals surface area (Å²) >= 11 is 0. The van der Waals surface area contributed by atoms with Crippen molar-refractivity contribution in [3.63, 3.8) is 0 Å². The van der Waals surface area contributed by atoms with Crippen LogP contribution in [0.3, 0.4) is 0 Å². The van der Waals surface area contributed by atoms with Crippen LogP contribution in [0.2, 0.25) is 0 Å². The number of benzene rings is 2. The summed E-state index contributed by atoms with van der Waals surface area (Å²) in [6.07, 6.45) is 1.90. The molecule has 3 N–H and O–H groups in total. The highest BCUT2D eigenvalue weighted by Crippen LogP contribution is 2.27. The SMILES string of the molecule is Cc1ccc(N2CC(C(=O)Nc3ccc(Nc4cc(Nc5ccccn5)nc(C)n4)cc3)CC2=O)cc1. The van der Waals surface area contributed by atoms with Gasteiger partial charge in [-0.05, 0) is 62.4 Å². The normalized spacial score (nSPS) is 14.9. The highest BCUT2D eigenvalue weighted by Gasteiger charge is 2.35. The topological polar surface area (TPSA) is 112 Å². The number of carbonyl (C=O) groups excluding carboxylic acids is 2. The highest BCUT2D eigenvalue weighted by molar-refractivity contribution is 6.03. The zero-order valence-corrected chi connectivity index (χ0v) is 20.6. The fraction of sp³-hybridized carbons (Fsp3) is 0.179. The Kier molecular flexibility index (Phi) is 6.76. The molecule has 1 aliphatic rings. The molecule has 186 valence electrons. The Morgan fingerprint density at radius 1 is 0.865 bits per heavy atom. The van der Waals surface area contributed by atoms with Crippen molar-refractivity contribution in [3.05, 3.63) is 90.4 Å². The molecule has 0 aliphatic carbocycles. The predicted octanol–water partition coefficient (Wildman–Crippen LogP) is 4.97. The molecule has 2 aromatic carbocycles. The van der Waals surface area contributed by atoms with Gasteiger partial charge in [0.25, 0.3) is 0 Å². The van der Waals surface area contributed by atoms with E-state index in [1.165, 1.54) is 0 Å². The second kappa shape index (κ2) is 10.4. The molecule has 0 saturated carbocycles. The summed E-state index contributed by atoms with van der Waals surface area (Å²) in [5.74, 6) is 1.95. The number of rotatable bonds is 7. The van der Waals surface area contributed by atoms with Crippen LogP contribution in [0.5, 0.6) is 0 Å². The van der Waals surface area contributed by atoms with E-state index in [0.29, 0.717) is 35.5 Å². The van der Waals surface area contributed by atoms with Gasteiger partial charge in [0.2, 0.25) is 11.8 Å². The van der Waals surface area contributed by atoms with E-state index < -0.39 is 5.92 Å². The molecule has 37 heavy (non-hydrogen) atoms. The summed E-state index contributed by atoms with van der Waals surface area (Å²) < 4.78 is 0. The third-order valence-corrected chi connectivity index (χ3v) is 6.03. The summed E-state index contributed by atoms with van der Waals surface area (Å²) in [4.78, 5) is 40.2. The molecule has 0 radical (unpaired) electrons. The molecule has 1 unspecified atom stereocenters. The molecule has 1 atom stereocenters. The standard InChI is InChI=1S/C28H27N7O2/c1-18-6-12-23(13-7-18)35-17-20(15-27(35)36)28(37)33-22-10-8-21(9-11-22)32-25-16-26(31-19(2)30-25)34-24-5-3-4-14-29-24/h3-14,16,20H,15,17H2,1-2H3,(H,33,37)(H2,29,30,31,32,34). The van der Waals surface area contributed by atoms with E-state index in [9.17, 15) is 9.59 Å². The van der Waals surface area contributed by atoms with E-state index in [4.69, 9.17) is 0 Å². The smallest absolute Gasteiger partial charge is 0.229 e. The molecule has 1 fully saturated rings. The summed E-state index contributed by atoms with van der Waals surface area (Å²) in [6.45, 7) is 4.19. The zero-order valence-electron chi connectivity index (χ0n) is 20.6. The van der Waals surface area contributed by atoms with Crippen molar-refractivity contribution in [1.82, 2.24) is 15.0 Å². The Morgan fingerprint density at radius 2 is 1.57 bits per heavy atom. The average Bonchev–Trinajstić information content (AvgIpc) is 3.28. The van der Waals surface area contributed by atoms with Gasteiger partial charge in [0, 0.05) is 42.3 Å². The summed E-state index contributed by atoms with van der Waals surface area (Å²) in [5, 5.41) is 9.37. The monoisotopic (exact) mass is 493 g/mol. The predicted molar refractivity (Wildman–Crippen MR) is 144 cm³/mol. The first-order valence-electron chi connectivity index (χ1n) is 12.0. The molecule has 1 aliphatic heterocycles. The van der Waals surface area contributed by atoms with Crippen molar-refractivity contribution in [3.8, 4) is 0 Å². The quantitative estimate of drug-likeness (QED) is 0.333. The minimum atomic E-state index is -0.402. The van der Waals surface area contributed by atoms with Crippen LogP contribution in [-0.2, 0) is 9.59 Å². The third-order valence-electron chi connectivity index (χ3n) is 6.03. The molecule has 3 heterocycles. The van der Waals surface area contributed by atoms with Gasteiger partial charge < -0.3 is 20.9 Å². The molecule has 9 nitrogen and oxygen atoms in total. The van der Waals surface area contributed by atoms with Gasteiger partial charge in [0.1, 0.15) is 23.3 Å². The Labute approximate surface area is 215 Å². The van der Waals surface area contributed by atoms with E-state index in [1.54, 1.807) is 17.2 Å². The van der Waals surface area contributed by atoms with Gasteiger partial charge in [-0.25, -0.2) is 15.0 Å². The number of hydrogen-bond donors (Lipinski definition) is 3. The Hall–Kier alpha value is -4.79. The van der Waals surface area contributed by atoms with Crippen LogP contribution >= 0.6 is 0 Å². The first-order chi connectivity index (χ1) is 17.9. The lowest BCUT2D eigenvalue weighted by molar-refractivity contribution is -0.122. The van der Waals surface area contributed by atoms with Crippen LogP contribution in [0.15, 0.2) is 79.0 Å². The van der Waals surface area contributed by atoms with E-state index in [2.05, 4.69) is 30.9 Å². The van der Waals surface area contributed by atoms with Crippen molar-refractivity contribution < 1.29 is 9.59 Å². The molecule has 4 aromatic rings. The van der Waals surface area contributed by atoms with E-state index in [-0.39, 0.29) is 18.2 Å². The minimum absolute atomic E-state index is 0.0411. The van der Waals surface area contributed by atoms with Crippen LogP contribution in [0.25, 0.3) is 0 Å². The molecule has 2 aromatic heterocycles. The van der Waals surface area contributed by atoms with Crippen LogP contribution < -0.4 is 20.9 Å². The number of anilines is 6. The molecular weight excluding hydrogens is 466 g/mol. The van der Waals surface area contributed by atoms with Crippen molar-refractivity contribution in [2.75, 3.05) is 27.4 Å². The van der Waals surface area contributed by atoms with Gasteiger partial charge in [0.05, 0.1) is 5.92 Å². The van der Waals surface area contributed by atoms with Gasteiger partial charge in [-0.15, -0.1) is 0 Å². The fourth-order valence-electron chi connectivity index (χ4n) is 4.15. The van der Waals surface area contributed by atoms with Gasteiger partial charge in [-0.2, -0.15) is 0 Å². The lowest BCUT2D eigenvalue weighted by Crippen LogP contribution is -2.28. The number of nitrogens with one attached hydrogen (secondary N) is 3. The number of nitrogens with zero attached hydrogens (tertiary/aromatic N) is 4. The number of pyridine rings is 1. The number of carbonyl (C=O) groups is 2. The fourth-order valence-corrected chi connectivity index (χ4v) is 4.15. The third kappa shape index (κ3) is 5.90. The lowest BCUT2D eigenvalue weighted by atomic mass is 10.1. The Morgan fingerprint density at radius 3 is 2.27 bits per heavy atom. The van der Waals surface area contributed by atoms with Gasteiger partial charge in [-0.1, -0.05) is 23.8 Å². The zero-order chi connectivity index (χ0) is 25.8. The lowest BCUT2D eigenvalue weighted by Gasteiger charge is -2.17. The van der Waals surface area contributed by atoms with Crippen molar-refractivity contribution >= 4 is 46.3 Å². The van der Waals surface area contributed by atoms with Crippen molar-refractivity contribution in [2.24, 2.45) is 5.92 Å². The molecule has 9 heteroatoms. The Balaban J connectivity index is 1.20. The molecular formula is C28H27N7O2. The molecule has 0 bridgehead atoms. The first kappa shape index (κ1) is 23.9. The second-order valence-corrected chi connectivity index (χ2v) is 8.96. The van der Waals surface area contributed by atoms with Gasteiger partial charge in [0.15, 0.2) is 0 Å². The molecule has 0 spiro atoms. The maximum atomic E-state index is 12.9. The first-order valence-corrected chi connectivity index (χ1v) is 12.0. The molecule has 1 saturated heterocycles. The summed E-state index contributed by atoms with van der Waals surface area (Å²) in [7, 11) is 0. The molecule has 5 rings (SSSR count).